The van der Waals surface area contributed by atoms with Crippen molar-refractivity contribution in [2.45, 2.75) is 12.8 Å². The maximum Gasteiger partial charge on any atom is 0.253 e. The summed E-state index contributed by atoms with van der Waals surface area (Å²) in [6.07, 6.45) is 3.70. The van der Waals surface area contributed by atoms with E-state index in [0.717, 1.165) is 25.9 Å². The normalized spacial score (nSPS) is 14.5. The van der Waals surface area contributed by atoms with E-state index in [1.54, 1.807) is 24.4 Å². The number of hydrogen-bond donors (Lipinski definition) is 0. The number of likely N-dealkylation sites (tertiary alicyclic amines) is 1. The average molecular weight is 305 g/mol. The zero-order chi connectivity index (χ0) is 14.8. The van der Waals surface area contributed by atoms with Gasteiger partial charge in [-0.15, -0.1) is 0 Å². The molecule has 3 nitrogen and oxygen atoms in total. The summed E-state index contributed by atoms with van der Waals surface area (Å²) in [5.74, 6) is -0.450. The van der Waals surface area contributed by atoms with Crippen molar-refractivity contribution in [3.8, 4) is 11.3 Å². The quantitative estimate of drug-likeness (QED) is 0.846. The standard InChI is InChI=1S/C16H14ClFN2O/c17-13-9-11(3-4-14(13)18)15-10-12(5-6-19-15)16(21)20-7-1-2-8-20/h3-6,9-10H,1-2,7-8H2. The van der Waals surface area contributed by atoms with E-state index in [1.165, 1.54) is 12.1 Å². The number of halogens is 2. The highest BCUT2D eigenvalue weighted by molar-refractivity contribution is 6.31. The van der Waals surface area contributed by atoms with Gasteiger partial charge in [-0.1, -0.05) is 11.6 Å². The third kappa shape index (κ3) is 2.90. The van der Waals surface area contributed by atoms with Crippen molar-refractivity contribution in [2.24, 2.45) is 0 Å². The SMILES string of the molecule is O=C(c1ccnc(-c2ccc(F)c(Cl)c2)c1)N1CCCC1. The van der Waals surface area contributed by atoms with Crippen LogP contribution in [0.3, 0.4) is 0 Å². The third-order valence-corrected chi connectivity index (χ3v) is 3.91. The Morgan fingerprint density at radius 3 is 2.67 bits per heavy atom. The monoisotopic (exact) mass is 304 g/mol. The smallest absolute Gasteiger partial charge is 0.253 e. The first-order chi connectivity index (χ1) is 10.1. The fraction of sp³-hybridized carbons (Fsp3) is 0.250. The first-order valence-electron chi connectivity index (χ1n) is 6.86. The van der Waals surface area contributed by atoms with E-state index in [4.69, 9.17) is 11.6 Å². The average Bonchev–Trinajstić information content (AvgIpc) is 3.04. The van der Waals surface area contributed by atoms with Crippen LogP contribution in [0, 0.1) is 5.82 Å². The summed E-state index contributed by atoms with van der Waals surface area (Å²) < 4.78 is 13.2. The molecule has 1 amide bonds. The van der Waals surface area contributed by atoms with Gasteiger partial charge in [-0.2, -0.15) is 0 Å². The number of benzene rings is 1. The van der Waals surface area contributed by atoms with Crippen molar-refractivity contribution in [1.82, 2.24) is 9.88 Å². The molecule has 1 fully saturated rings. The van der Waals surface area contributed by atoms with E-state index in [9.17, 15) is 9.18 Å². The minimum Gasteiger partial charge on any atom is -0.339 e. The minimum absolute atomic E-state index is 0.0179. The van der Waals surface area contributed by atoms with E-state index >= 15 is 0 Å². The summed E-state index contributed by atoms with van der Waals surface area (Å²) in [6, 6.07) is 7.85. The van der Waals surface area contributed by atoms with Gasteiger partial charge < -0.3 is 4.90 Å². The lowest BCUT2D eigenvalue weighted by atomic mass is 10.1. The van der Waals surface area contributed by atoms with Crippen LogP contribution in [-0.4, -0.2) is 28.9 Å². The number of pyridine rings is 1. The molecule has 1 aromatic heterocycles. The van der Waals surface area contributed by atoms with Crippen LogP contribution >= 0.6 is 11.6 Å². The van der Waals surface area contributed by atoms with Crippen LogP contribution in [0.1, 0.15) is 23.2 Å². The molecule has 0 radical (unpaired) electrons. The Kier molecular flexibility index (Phi) is 3.88. The minimum atomic E-state index is -0.468. The molecule has 2 heterocycles. The van der Waals surface area contributed by atoms with Crippen molar-refractivity contribution in [3.05, 3.63) is 52.9 Å². The molecule has 0 unspecified atom stereocenters. The first-order valence-corrected chi connectivity index (χ1v) is 7.24. The molecule has 0 saturated carbocycles. The van der Waals surface area contributed by atoms with Crippen LogP contribution < -0.4 is 0 Å². The molecule has 0 aliphatic carbocycles. The summed E-state index contributed by atoms with van der Waals surface area (Å²) in [4.78, 5) is 18.4. The second-order valence-electron chi connectivity index (χ2n) is 5.06. The van der Waals surface area contributed by atoms with Crippen molar-refractivity contribution in [1.29, 1.82) is 0 Å². The van der Waals surface area contributed by atoms with Gasteiger partial charge in [0.2, 0.25) is 0 Å². The highest BCUT2D eigenvalue weighted by Crippen LogP contribution is 2.24. The van der Waals surface area contributed by atoms with Gasteiger partial charge in [-0.3, -0.25) is 9.78 Å². The zero-order valence-electron chi connectivity index (χ0n) is 11.4. The van der Waals surface area contributed by atoms with Crippen molar-refractivity contribution < 1.29 is 9.18 Å². The Morgan fingerprint density at radius 2 is 1.95 bits per heavy atom. The molecule has 2 aromatic rings. The number of carbonyl (C=O) groups is 1. The Balaban J connectivity index is 1.92. The predicted molar refractivity (Wildman–Crippen MR) is 79.8 cm³/mol. The number of hydrogen-bond acceptors (Lipinski definition) is 2. The van der Waals surface area contributed by atoms with Crippen LogP contribution in [0.15, 0.2) is 36.5 Å². The number of aromatic nitrogens is 1. The van der Waals surface area contributed by atoms with E-state index < -0.39 is 5.82 Å². The number of nitrogens with zero attached hydrogens (tertiary/aromatic N) is 2. The van der Waals surface area contributed by atoms with Gasteiger partial charge in [0.25, 0.3) is 5.91 Å². The highest BCUT2D eigenvalue weighted by Gasteiger charge is 2.19. The van der Waals surface area contributed by atoms with Gasteiger partial charge in [-0.25, -0.2) is 4.39 Å². The lowest BCUT2D eigenvalue weighted by Gasteiger charge is -2.15. The largest absolute Gasteiger partial charge is 0.339 e. The van der Waals surface area contributed by atoms with Crippen molar-refractivity contribution in [3.63, 3.8) is 0 Å². The summed E-state index contributed by atoms with van der Waals surface area (Å²) in [5.41, 5.74) is 1.90. The molecular formula is C16H14ClFN2O. The zero-order valence-corrected chi connectivity index (χ0v) is 12.1. The maximum absolute atomic E-state index is 13.2. The second kappa shape index (κ2) is 5.82. The Labute approximate surface area is 127 Å². The van der Waals surface area contributed by atoms with Crippen LogP contribution in [0.4, 0.5) is 4.39 Å². The van der Waals surface area contributed by atoms with E-state index in [1.807, 2.05) is 4.90 Å². The van der Waals surface area contributed by atoms with Crippen LogP contribution in [0.5, 0.6) is 0 Å². The van der Waals surface area contributed by atoms with Gasteiger partial charge in [0.1, 0.15) is 5.82 Å². The molecule has 0 N–H and O–H groups in total. The summed E-state index contributed by atoms with van der Waals surface area (Å²) in [7, 11) is 0. The fourth-order valence-electron chi connectivity index (χ4n) is 2.48. The maximum atomic E-state index is 13.2. The summed E-state index contributed by atoms with van der Waals surface area (Å²) in [5, 5.41) is 0.0468. The summed E-state index contributed by atoms with van der Waals surface area (Å²) >= 11 is 5.79. The molecule has 1 saturated heterocycles. The van der Waals surface area contributed by atoms with Crippen LogP contribution in [-0.2, 0) is 0 Å². The van der Waals surface area contributed by atoms with Crippen LogP contribution in [0.25, 0.3) is 11.3 Å². The van der Waals surface area contributed by atoms with Gasteiger partial charge in [0, 0.05) is 30.4 Å². The topological polar surface area (TPSA) is 33.2 Å². The second-order valence-corrected chi connectivity index (χ2v) is 5.47. The van der Waals surface area contributed by atoms with Crippen molar-refractivity contribution >= 4 is 17.5 Å². The molecule has 108 valence electrons. The van der Waals surface area contributed by atoms with Crippen LogP contribution in [0.2, 0.25) is 5.02 Å². The van der Waals surface area contributed by atoms with E-state index in [2.05, 4.69) is 4.98 Å². The predicted octanol–water partition coefficient (Wildman–Crippen LogP) is 3.78. The lowest BCUT2D eigenvalue weighted by Crippen LogP contribution is -2.27. The third-order valence-electron chi connectivity index (χ3n) is 3.62. The van der Waals surface area contributed by atoms with Crippen molar-refractivity contribution in [2.75, 3.05) is 13.1 Å². The van der Waals surface area contributed by atoms with Gasteiger partial charge in [-0.05, 0) is 43.2 Å². The molecule has 21 heavy (non-hydrogen) atoms. The Morgan fingerprint density at radius 1 is 1.19 bits per heavy atom. The van der Waals surface area contributed by atoms with Gasteiger partial charge >= 0.3 is 0 Å². The van der Waals surface area contributed by atoms with Gasteiger partial charge in [0.15, 0.2) is 0 Å². The molecule has 1 aliphatic rings. The molecule has 0 bridgehead atoms. The number of carbonyl (C=O) groups excluding carboxylic acids is 1. The molecular weight excluding hydrogens is 291 g/mol. The highest BCUT2D eigenvalue weighted by atomic mass is 35.5. The molecule has 1 aromatic carbocycles. The molecule has 0 spiro atoms. The first kappa shape index (κ1) is 14.0. The molecule has 5 heteroatoms. The fourth-order valence-corrected chi connectivity index (χ4v) is 2.66. The Bertz CT molecular complexity index is 684. The molecule has 1 aliphatic heterocycles. The Hall–Kier alpha value is -1.94. The number of amides is 1. The molecule has 3 rings (SSSR count). The molecule has 0 atom stereocenters. The lowest BCUT2D eigenvalue weighted by molar-refractivity contribution is 0.0793. The summed E-state index contributed by atoms with van der Waals surface area (Å²) in [6.45, 7) is 1.61. The van der Waals surface area contributed by atoms with E-state index in [0.29, 0.717) is 16.8 Å². The van der Waals surface area contributed by atoms with Gasteiger partial charge in [0.05, 0.1) is 10.7 Å². The number of rotatable bonds is 2. The van der Waals surface area contributed by atoms with E-state index in [-0.39, 0.29) is 10.9 Å².